The van der Waals surface area contributed by atoms with Gasteiger partial charge in [-0.25, -0.2) is 13.9 Å². The molecular formula is C22H19ClFN3O. The van der Waals surface area contributed by atoms with Crippen molar-refractivity contribution in [2.45, 2.75) is 20.5 Å². The highest BCUT2D eigenvalue weighted by atomic mass is 35.5. The molecule has 0 aliphatic carbocycles. The van der Waals surface area contributed by atoms with Crippen LogP contribution in [-0.4, -0.2) is 21.2 Å². The fourth-order valence-electron chi connectivity index (χ4n) is 3.17. The molecular weight excluding hydrogens is 377 g/mol. The van der Waals surface area contributed by atoms with Crippen molar-refractivity contribution < 1.29 is 9.13 Å². The summed E-state index contributed by atoms with van der Waals surface area (Å²) in [5.74, 6) is -0.294. The first-order valence-electron chi connectivity index (χ1n) is 9.05. The number of hydrogen-bond donors (Lipinski definition) is 0. The number of rotatable bonds is 5. The average Bonchev–Trinajstić information content (AvgIpc) is 3.05. The number of ether oxygens (including phenoxy) is 1. The van der Waals surface area contributed by atoms with Crippen LogP contribution in [0.15, 0.2) is 54.6 Å². The number of aromatic nitrogens is 3. The number of hydrogen-bond acceptors (Lipinski definition) is 3. The van der Waals surface area contributed by atoms with E-state index in [-0.39, 0.29) is 5.82 Å². The molecule has 0 radical (unpaired) electrons. The first-order valence-corrected chi connectivity index (χ1v) is 9.43. The Balaban J connectivity index is 1.98. The van der Waals surface area contributed by atoms with Gasteiger partial charge < -0.3 is 4.74 Å². The molecule has 0 bridgehead atoms. The summed E-state index contributed by atoms with van der Waals surface area (Å²) in [6, 6.07) is 16.2. The standard InChI is InChI=1S/C22H19ClFN3O/c1-3-28-13-18-21(16-6-4-14(2)5-7-16)22-25-20(23)12-19(27(22)26-18)15-8-10-17(24)11-9-15/h4-12H,3,13H2,1-2H3. The zero-order valence-corrected chi connectivity index (χ0v) is 16.4. The molecule has 4 nitrogen and oxygen atoms in total. The van der Waals surface area contributed by atoms with Gasteiger partial charge in [0, 0.05) is 18.2 Å². The van der Waals surface area contributed by atoms with Gasteiger partial charge >= 0.3 is 0 Å². The van der Waals surface area contributed by atoms with E-state index in [0.29, 0.717) is 24.0 Å². The Morgan fingerprint density at radius 1 is 1.04 bits per heavy atom. The molecule has 6 heteroatoms. The third-order valence-corrected chi connectivity index (χ3v) is 4.75. The van der Waals surface area contributed by atoms with Gasteiger partial charge in [-0.2, -0.15) is 5.10 Å². The lowest BCUT2D eigenvalue weighted by molar-refractivity contribution is 0.131. The van der Waals surface area contributed by atoms with Crippen LogP contribution < -0.4 is 0 Å². The van der Waals surface area contributed by atoms with Crippen molar-refractivity contribution in [3.63, 3.8) is 0 Å². The van der Waals surface area contributed by atoms with E-state index in [1.807, 2.05) is 26.0 Å². The van der Waals surface area contributed by atoms with Crippen LogP contribution in [0.4, 0.5) is 4.39 Å². The van der Waals surface area contributed by atoms with Crippen molar-refractivity contribution in [1.29, 1.82) is 0 Å². The third-order valence-electron chi connectivity index (χ3n) is 4.55. The summed E-state index contributed by atoms with van der Waals surface area (Å²) in [4.78, 5) is 4.54. The van der Waals surface area contributed by atoms with Crippen molar-refractivity contribution in [3.05, 3.63) is 76.8 Å². The van der Waals surface area contributed by atoms with Gasteiger partial charge in [0.05, 0.1) is 23.6 Å². The summed E-state index contributed by atoms with van der Waals surface area (Å²) in [5.41, 5.74) is 6.02. The lowest BCUT2D eigenvalue weighted by Gasteiger charge is -2.07. The molecule has 28 heavy (non-hydrogen) atoms. The van der Waals surface area contributed by atoms with Crippen LogP contribution in [0.25, 0.3) is 28.0 Å². The second kappa shape index (κ2) is 7.70. The van der Waals surface area contributed by atoms with E-state index in [0.717, 1.165) is 28.1 Å². The van der Waals surface area contributed by atoms with E-state index < -0.39 is 0 Å². The molecule has 2 aromatic heterocycles. The molecule has 2 heterocycles. The molecule has 0 saturated heterocycles. The summed E-state index contributed by atoms with van der Waals surface area (Å²) in [5, 5.41) is 5.12. The van der Waals surface area contributed by atoms with Gasteiger partial charge in [-0.1, -0.05) is 41.4 Å². The Morgan fingerprint density at radius 2 is 1.71 bits per heavy atom. The fourth-order valence-corrected chi connectivity index (χ4v) is 3.36. The fraction of sp³-hybridized carbons (Fsp3) is 0.182. The number of nitrogens with zero attached hydrogens (tertiary/aromatic N) is 3. The second-order valence-electron chi connectivity index (χ2n) is 6.53. The molecule has 142 valence electrons. The summed E-state index contributed by atoms with van der Waals surface area (Å²) in [6.45, 7) is 4.94. The highest BCUT2D eigenvalue weighted by molar-refractivity contribution is 6.29. The maximum atomic E-state index is 13.4. The van der Waals surface area contributed by atoms with Gasteiger partial charge in [0.1, 0.15) is 11.0 Å². The molecule has 0 N–H and O–H groups in total. The van der Waals surface area contributed by atoms with Gasteiger partial charge in [0.25, 0.3) is 0 Å². The lowest BCUT2D eigenvalue weighted by Crippen LogP contribution is -1.98. The van der Waals surface area contributed by atoms with E-state index in [4.69, 9.17) is 21.4 Å². The predicted octanol–water partition coefficient (Wildman–Crippen LogP) is 5.70. The number of aryl methyl sites for hydroxylation is 1. The molecule has 0 fully saturated rings. The molecule has 4 rings (SSSR count). The van der Waals surface area contributed by atoms with Gasteiger partial charge in [-0.15, -0.1) is 0 Å². The molecule has 0 aliphatic heterocycles. The minimum Gasteiger partial charge on any atom is -0.375 e. The zero-order chi connectivity index (χ0) is 19.7. The van der Waals surface area contributed by atoms with Crippen LogP contribution in [0.2, 0.25) is 5.15 Å². The van der Waals surface area contributed by atoms with E-state index in [1.165, 1.54) is 17.7 Å². The van der Waals surface area contributed by atoms with E-state index in [9.17, 15) is 4.39 Å². The molecule has 0 unspecified atom stereocenters. The zero-order valence-electron chi connectivity index (χ0n) is 15.6. The Hall–Kier alpha value is -2.76. The Kier molecular flexibility index (Phi) is 5.11. The van der Waals surface area contributed by atoms with Gasteiger partial charge in [0.2, 0.25) is 0 Å². The highest BCUT2D eigenvalue weighted by Crippen LogP contribution is 2.32. The summed E-state index contributed by atoms with van der Waals surface area (Å²) in [7, 11) is 0. The maximum Gasteiger partial charge on any atom is 0.165 e. The van der Waals surface area contributed by atoms with E-state index >= 15 is 0 Å². The second-order valence-corrected chi connectivity index (χ2v) is 6.92. The summed E-state index contributed by atoms with van der Waals surface area (Å²) >= 11 is 6.35. The Bertz CT molecular complexity index is 1120. The normalized spacial score (nSPS) is 11.3. The van der Waals surface area contributed by atoms with Crippen LogP contribution in [0.5, 0.6) is 0 Å². The molecule has 0 atom stereocenters. The van der Waals surface area contributed by atoms with Crippen LogP contribution in [-0.2, 0) is 11.3 Å². The van der Waals surface area contributed by atoms with Crippen LogP contribution in [0, 0.1) is 12.7 Å². The highest BCUT2D eigenvalue weighted by Gasteiger charge is 2.19. The SMILES string of the molecule is CCOCc1nn2c(-c3ccc(F)cc3)cc(Cl)nc2c1-c1ccc(C)cc1. The van der Waals surface area contributed by atoms with Crippen molar-refractivity contribution in [2.75, 3.05) is 6.61 Å². The topological polar surface area (TPSA) is 39.4 Å². The molecule has 0 saturated carbocycles. The first kappa shape index (κ1) is 18.6. The summed E-state index contributed by atoms with van der Waals surface area (Å²) in [6.07, 6.45) is 0. The minimum atomic E-state index is -0.294. The van der Waals surface area contributed by atoms with Crippen LogP contribution in [0.3, 0.4) is 0 Å². The van der Waals surface area contributed by atoms with Crippen LogP contribution >= 0.6 is 11.6 Å². The van der Waals surface area contributed by atoms with Gasteiger partial charge in [-0.3, -0.25) is 0 Å². The van der Waals surface area contributed by atoms with Gasteiger partial charge in [-0.05, 0) is 43.7 Å². The van der Waals surface area contributed by atoms with Crippen molar-refractivity contribution >= 4 is 17.2 Å². The van der Waals surface area contributed by atoms with E-state index in [2.05, 4.69) is 17.1 Å². The van der Waals surface area contributed by atoms with E-state index in [1.54, 1.807) is 22.7 Å². The lowest BCUT2D eigenvalue weighted by atomic mass is 10.0. The predicted molar refractivity (Wildman–Crippen MR) is 109 cm³/mol. The first-order chi connectivity index (χ1) is 13.6. The Morgan fingerprint density at radius 3 is 2.39 bits per heavy atom. The average molecular weight is 396 g/mol. The van der Waals surface area contributed by atoms with Crippen molar-refractivity contribution in [3.8, 4) is 22.4 Å². The molecule has 0 aliphatic rings. The summed E-state index contributed by atoms with van der Waals surface area (Å²) < 4.78 is 20.8. The largest absolute Gasteiger partial charge is 0.375 e. The third kappa shape index (κ3) is 3.51. The number of benzene rings is 2. The smallest absolute Gasteiger partial charge is 0.165 e. The van der Waals surface area contributed by atoms with Gasteiger partial charge in [0.15, 0.2) is 5.65 Å². The maximum absolute atomic E-state index is 13.4. The number of fused-ring (bicyclic) bond motifs is 1. The quantitative estimate of drug-likeness (QED) is 0.407. The molecule has 2 aromatic carbocycles. The van der Waals surface area contributed by atoms with Crippen molar-refractivity contribution in [2.24, 2.45) is 0 Å². The molecule has 0 amide bonds. The van der Waals surface area contributed by atoms with Crippen LogP contribution in [0.1, 0.15) is 18.2 Å². The minimum absolute atomic E-state index is 0.294. The molecule has 4 aromatic rings. The number of halogens is 2. The Labute approximate surface area is 167 Å². The van der Waals surface area contributed by atoms with Crippen molar-refractivity contribution in [1.82, 2.24) is 14.6 Å². The monoisotopic (exact) mass is 395 g/mol. The molecule has 0 spiro atoms.